The fourth-order valence-electron chi connectivity index (χ4n) is 3.61. The molecule has 1 amide bonds. The molecule has 2 aromatic rings. The quantitative estimate of drug-likeness (QED) is 0.832. The van der Waals surface area contributed by atoms with Gasteiger partial charge >= 0.3 is 0 Å². The highest BCUT2D eigenvalue weighted by atomic mass is 19.1. The number of anilines is 1. The Morgan fingerprint density at radius 1 is 1.07 bits per heavy atom. The number of hydrogen-bond acceptors (Lipinski definition) is 5. The molecule has 0 spiro atoms. The second-order valence-electron chi connectivity index (χ2n) is 6.97. The van der Waals surface area contributed by atoms with Gasteiger partial charge in [0.2, 0.25) is 0 Å². The van der Waals surface area contributed by atoms with Crippen LogP contribution in [0.3, 0.4) is 0 Å². The summed E-state index contributed by atoms with van der Waals surface area (Å²) < 4.78 is 19.0. The summed E-state index contributed by atoms with van der Waals surface area (Å²) in [6.07, 6.45) is 6.32. The number of rotatable bonds is 3. The van der Waals surface area contributed by atoms with Gasteiger partial charge in [-0.1, -0.05) is 12.1 Å². The first kappa shape index (κ1) is 17.9. The van der Waals surface area contributed by atoms with Crippen molar-refractivity contribution in [1.82, 2.24) is 14.9 Å². The summed E-state index contributed by atoms with van der Waals surface area (Å²) in [5, 5.41) is 0. The van der Waals surface area contributed by atoms with Crippen LogP contribution in [-0.2, 0) is 4.74 Å². The molecule has 0 bridgehead atoms. The molecule has 2 fully saturated rings. The topological polar surface area (TPSA) is 58.6 Å². The summed E-state index contributed by atoms with van der Waals surface area (Å²) in [6, 6.07) is 6.36. The molecule has 6 nitrogen and oxygen atoms in total. The lowest BCUT2D eigenvalue weighted by Crippen LogP contribution is -2.40. The van der Waals surface area contributed by atoms with Crippen molar-refractivity contribution in [2.24, 2.45) is 0 Å². The number of nitrogens with zero attached hydrogens (tertiary/aromatic N) is 4. The fourth-order valence-corrected chi connectivity index (χ4v) is 3.61. The normalized spacial score (nSPS) is 20.6. The van der Waals surface area contributed by atoms with E-state index in [1.54, 1.807) is 24.5 Å². The van der Waals surface area contributed by atoms with Gasteiger partial charge in [0, 0.05) is 26.2 Å². The highest BCUT2D eigenvalue weighted by molar-refractivity contribution is 5.92. The minimum absolute atomic E-state index is 0.0487. The second kappa shape index (κ2) is 8.00. The van der Waals surface area contributed by atoms with Crippen molar-refractivity contribution in [2.75, 3.05) is 37.7 Å². The SMILES string of the molecule is O=C(c1cncc(N2CCO[C@H](c3ccc(F)cc3)C2)n1)N1CCCCC1. The predicted molar refractivity (Wildman–Crippen MR) is 99.1 cm³/mol. The predicted octanol–water partition coefficient (Wildman–Crippen LogP) is 2.82. The highest BCUT2D eigenvalue weighted by Gasteiger charge is 2.25. The van der Waals surface area contributed by atoms with Crippen LogP contribution in [0.15, 0.2) is 36.7 Å². The molecule has 0 saturated carbocycles. The van der Waals surface area contributed by atoms with Crippen molar-refractivity contribution in [3.8, 4) is 0 Å². The Labute approximate surface area is 158 Å². The molecule has 2 aliphatic heterocycles. The minimum atomic E-state index is -0.263. The van der Waals surface area contributed by atoms with Crippen molar-refractivity contribution in [2.45, 2.75) is 25.4 Å². The van der Waals surface area contributed by atoms with Crippen LogP contribution in [-0.4, -0.2) is 53.6 Å². The van der Waals surface area contributed by atoms with Crippen LogP contribution in [0, 0.1) is 5.82 Å². The molecule has 0 N–H and O–H groups in total. The average molecular weight is 370 g/mol. The number of aromatic nitrogens is 2. The van der Waals surface area contributed by atoms with Crippen molar-refractivity contribution in [1.29, 1.82) is 0 Å². The maximum atomic E-state index is 13.2. The third-order valence-corrected chi connectivity index (χ3v) is 5.12. The van der Waals surface area contributed by atoms with E-state index in [1.807, 2.05) is 4.90 Å². The van der Waals surface area contributed by atoms with Gasteiger partial charge in [-0.05, 0) is 37.0 Å². The number of halogens is 1. The molecule has 1 aromatic carbocycles. The van der Waals surface area contributed by atoms with Crippen LogP contribution in [0.4, 0.5) is 10.2 Å². The summed E-state index contributed by atoms with van der Waals surface area (Å²) in [5.74, 6) is 0.363. The average Bonchev–Trinajstić information content (AvgIpc) is 2.74. The molecule has 0 radical (unpaired) electrons. The molecule has 2 aliphatic rings. The number of morpholine rings is 1. The molecule has 1 atom stereocenters. The molecule has 142 valence electrons. The van der Waals surface area contributed by atoms with Gasteiger partial charge in [-0.3, -0.25) is 9.78 Å². The minimum Gasteiger partial charge on any atom is -0.370 e. The van der Waals surface area contributed by atoms with Gasteiger partial charge in [0.15, 0.2) is 0 Å². The Kier molecular flexibility index (Phi) is 5.29. The van der Waals surface area contributed by atoms with E-state index >= 15 is 0 Å². The molecule has 4 rings (SSSR count). The number of likely N-dealkylation sites (tertiary alicyclic amines) is 1. The lowest BCUT2D eigenvalue weighted by molar-refractivity contribution is 0.0394. The van der Waals surface area contributed by atoms with Crippen molar-refractivity contribution in [3.63, 3.8) is 0 Å². The fraction of sp³-hybridized carbons (Fsp3) is 0.450. The van der Waals surface area contributed by atoms with Gasteiger partial charge in [-0.2, -0.15) is 0 Å². The molecule has 3 heterocycles. The van der Waals surface area contributed by atoms with E-state index in [-0.39, 0.29) is 17.8 Å². The van der Waals surface area contributed by atoms with Crippen LogP contribution in [0.5, 0.6) is 0 Å². The van der Waals surface area contributed by atoms with Crippen LogP contribution in [0.25, 0.3) is 0 Å². The van der Waals surface area contributed by atoms with Crippen molar-refractivity contribution >= 4 is 11.7 Å². The number of hydrogen-bond donors (Lipinski definition) is 0. The standard InChI is InChI=1S/C20H23FN4O2/c21-16-6-4-15(5-7-16)18-14-25(10-11-27-18)19-13-22-12-17(23-19)20(26)24-8-2-1-3-9-24/h4-7,12-13,18H,1-3,8-11,14H2/t18-/m0/s1. The molecular formula is C20H23FN4O2. The smallest absolute Gasteiger partial charge is 0.274 e. The first-order valence-electron chi connectivity index (χ1n) is 9.44. The van der Waals surface area contributed by atoms with E-state index in [0.717, 1.165) is 31.5 Å². The number of carbonyl (C=O) groups is 1. The Hall–Kier alpha value is -2.54. The molecule has 2 saturated heterocycles. The van der Waals surface area contributed by atoms with Gasteiger partial charge < -0.3 is 14.5 Å². The van der Waals surface area contributed by atoms with Gasteiger partial charge in [0.1, 0.15) is 23.4 Å². The first-order valence-corrected chi connectivity index (χ1v) is 9.44. The van der Waals surface area contributed by atoms with E-state index in [2.05, 4.69) is 14.9 Å². The van der Waals surface area contributed by atoms with Crippen LogP contribution in [0.1, 0.15) is 41.4 Å². The number of ether oxygens (including phenoxy) is 1. The number of benzene rings is 1. The zero-order chi connectivity index (χ0) is 18.6. The maximum Gasteiger partial charge on any atom is 0.274 e. The van der Waals surface area contributed by atoms with Gasteiger partial charge in [-0.25, -0.2) is 9.37 Å². The summed E-state index contributed by atoms with van der Waals surface area (Å²) in [7, 11) is 0. The molecule has 7 heteroatoms. The van der Waals surface area contributed by atoms with E-state index < -0.39 is 0 Å². The van der Waals surface area contributed by atoms with Gasteiger partial charge in [0.25, 0.3) is 5.91 Å². The second-order valence-corrected chi connectivity index (χ2v) is 6.97. The zero-order valence-corrected chi connectivity index (χ0v) is 15.2. The van der Waals surface area contributed by atoms with Crippen molar-refractivity contribution in [3.05, 3.63) is 53.7 Å². The van der Waals surface area contributed by atoms with E-state index in [9.17, 15) is 9.18 Å². The van der Waals surface area contributed by atoms with Crippen LogP contribution in [0.2, 0.25) is 0 Å². The largest absolute Gasteiger partial charge is 0.370 e. The third-order valence-electron chi connectivity index (χ3n) is 5.12. The summed E-state index contributed by atoms with van der Waals surface area (Å²) >= 11 is 0. The number of carbonyl (C=O) groups excluding carboxylic acids is 1. The molecule has 27 heavy (non-hydrogen) atoms. The summed E-state index contributed by atoms with van der Waals surface area (Å²) in [6.45, 7) is 3.37. The van der Waals surface area contributed by atoms with E-state index in [4.69, 9.17) is 4.74 Å². The Morgan fingerprint density at radius 3 is 2.63 bits per heavy atom. The summed E-state index contributed by atoms with van der Waals surface area (Å²) in [4.78, 5) is 25.4. The number of amides is 1. The van der Waals surface area contributed by atoms with Crippen LogP contribution >= 0.6 is 0 Å². The molecule has 1 aromatic heterocycles. The molecule has 0 aliphatic carbocycles. The molecular weight excluding hydrogens is 347 g/mol. The van der Waals surface area contributed by atoms with Crippen molar-refractivity contribution < 1.29 is 13.9 Å². The first-order chi connectivity index (χ1) is 13.2. The third kappa shape index (κ3) is 4.08. The Balaban J connectivity index is 1.49. The zero-order valence-electron chi connectivity index (χ0n) is 15.2. The number of piperidine rings is 1. The lowest BCUT2D eigenvalue weighted by atomic mass is 10.1. The summed E-state index contributed by atoms with van der Waals surface area (Å²) in [5.41, 5.74) is 1.31. The Bertz CT molecular complexity index is 793. The monoisotopic (exact) mass is 370 g/mol. The Morgan fingerprint density at radius 2 is 1.85 bits per heavy atom. The maximum absolute atomic E-state index is 13.2. The lowest BCUT2D eigenvalue weighted by Gasteiger charge is -2.34. The van der Waals surface area contributed by atoms with E-state index in [0.29, 0.717) is 31.2 Å². The van der Waals surface area contributed by atoms with Crippen LogP contribution < -0.4 is 4.90 Å². The van der Waals surface area contributed by atoms with Gasteiger partial charge in [-0.15, -0.1) is 0 Å². The highest BCUT2D eigenvalue weighted by Crippen LogP contribution is 2.25. The van der Waals surface area contributed by atoms with Gasteiger partial charge in [0.05, 0.1) is 19.0 Å². The van der Waals surface area contributed by atoms with E-state index in [1.165, 1.54) is 18.6 Å². The molecule has 0 unspecified atom stereocenters.